The Labute approximate surface area is 116 Å². The van der Waals surface area contributed by atoms with E-state index in [4.69, 9.17) is 0 Å². The van der Waals surface area contributed by atoms with Crippen molar-refractivity contribution in [1.29, 1.82) is 0 Å². The first-order chi connectivity index (χ1) is 9.09. The molecule has 102 valence electrons. The third-order valence-corrected chi connectivity index (χ3v) is 5.07. The topological polar surface area (TPSA) is 74.8 Å². The zero-order valence-corrected chi connectivity index (χ0v) is 12.1. The molecule has 0 saturated carbocycles. The van der Waals surface area contributed by atoms with Gasteiger partial charge >= 0.3 is 0 Å². The highest BCUT2D eigenvalue weighted by Crippen LogP contribution is 2.16. The fourth-order valence-electron chi connectivity index (χ4n) is 1.55. The maximum absolute atomic E-state index is 11.9. The van der Waals surface area contributed by atoms with Gasteiger partial charge in [-0.3, -0.25) is 5.10 Å². The zero-order valence-electron chi connectivity index (χ0n) is 10.5. The van der Waals surface area contributed by atoms with E-state index in [-0.39, 0.29) is 4.90 Å². The first-order valence-electron chi connectivity index (χ1n) is 5.77. The van der Waals surface area contributed by atoms with Gasteiger partial charge in [0, 0.05) is 17.2 Å². The van der Waals surface area contributed by atoms with E-state index in [1.165, 1.54) is 6.20 Å². The molecule has 0 aliphatic carbocycles. The third-order valence-electron chi connectivity index (χ3n) is 2.48. The number of H-pyrrole nitrogens is 1. The zero-order chi connectivity index (χ0) is 13.7. The van der Waals surface area contributed by atoms with Crippen LogP contribution < -0.4 is 4.72 Å². The summed E-state index contributed by atoms with van der Waals surface area (Å²) in [5.74, 6) is 0.681. The van der Waals surface area contributed by atoms with Gasteiger partial charge in [0.2, 0.25) is 10.0 Å². The maximum atomic E-state index is 11.9. The van der Waals surface area contributed by atoms with Crippen molar-refractivity contribution in [3.05, 3.63) is 42.2 Å². The van der Waals surface area contributed by atoms with Gasteiger partial charge in [-0.15, -0.1) is 11.8 Å². The molecule has 5 nitrogen and oxygen atoms in total. The van der Waals surface area contributed by atoms with Gasteiger partial charge in [0.1, 0.15) is 4.90 Å². The summed E-state index contributed by atoms with van der Waals surface area (Å²) < 4.78 is 26.5. The van der Waals surface area contributed by atoms with Crippen molar-refractivity contribution < 1.29 is 8.42 Å². The summed E-state index contributed by atoms with van der Waals surface area (Å²) in [6.07, 6.45) is 1.32. The molecule has 0 aliphatic rings. The Morgan fingerprint density at radius 1 is 1.32 bits per heavy atom. The fourth-order valence-corrected chi connectivity index (χ4v) is 3.64. The fraction of sp³-hybridized carbons (Fsp3) is 0.250. The van der Waals surface area contributed by atoms with Crippen LogP contribution >= 0.6 is 11.8 Å². The lowest BCUT2D eigenvalue weighted by Crippen LogP contribution is -2.26. The number of sulfonamides is 1. The van der Waals surface area contributed by atoms with E-state index in [1.54, 1.807) is 18.7 Å². The summed E-state index contributed by atoms with van der Waals surface area (Å²) in [5.41, 5.74) is 0.545. The Hall–Kier alpha value is -1.31. The smallest absolute Gasteiger partial charge is 0.243 e. The van der Waals surface area contributed by atoms with Gasteiger partial charge in [-0.05, 0) is 19.1 Å². The van der Waals surface area contributed by atoms with Gasteiger partial charge in [0.25, 0.3) is 0 Å². The summed E-state index contributed by atoms with van der Waals surface area (Å²) >= 11 is 1.61. The number of hydrogen-bond acceptors (Lipinski definition) is 4. The molecule has 0 spiro atoms. The molecule has 0 radical (unpaired) electrons. The molecule has 0 bridgehead atoms. The SMILES string of the molecule is Cc1[nH]ncc1S(=O)(=O)NCCSc1ccccc1. The van der Waals surface area contributed by atoms with Crippen LogP contribution in [-0.4, -0.2) is 30.9 Å². The van der Waals surface area contributed by atoms with Crippen molar-refractivity contribution >= 4 is 21.8 Å². The molecule has 2 aromatic rings. The summed E-state index contributed by atoms with van der Waals surface area (Å²) in [5, 5.41) is 6.33. The molecule has 2 rings (SSSR count). The minimum absolute atomic E-state index is 0.206. The standard InChI is InChI=1S/C12H15N3O2S2/c1-10-12(9-13-15-10)19(16,17)14-7-8-18-11-5-3-2-4-6-11/h2-6,9,14H,7-8H2,1H3,(H,13,15). The highest BCUT2D eigenvalue weighted by Gasteiger charge is 2.17. The highest BCUT2D eigenvalue weighted by molar-refractivity contribution is 7.99. The Kier molecular flexibility index (Phi) is 4.62. The van der Waals surface area contributed by atoms with Gasteiger partial charge in [0.15, 0.2) is 0 Å². The van der Waals surface area contributed by atoms with Gasteiger partial charge in [-0.1, -0.05) is 18.2 Å². The molecule has 0 amide bonds. The van der Waals surface area contributed by atoms with Gasteiger partial charge in [-0.2, -0.15) is 5.10 Å². The van der Waals surface area contributed by atoms with Gasteiger partial charge in [0.05, 0.1) is 11.9 Å². The van der Waals surface area contributed by atoms with E-state index in [1.807, 2.05) is 30.3 Å². The van der Waals surface area contributed by atoms with Crippen molar-refractivity contribution in [2.75, 3.05) is 12.3 Å². The average molecular weight is 297 g/mol. The molecule has 0 aliphatic heterocycles. The largest absolute Gasteiger partial charge is 0.281 e. The predicted octanol–water partition coefficient (Wildman–Crippen LogP) is 1.79. The van der Waals surface area contributed by atoms with E-state index in [0.717, 1.165) is 4.90 Å². The molecule has 0 unspecified atom stereocenters. The van der Waals surface area contributed by atoms with E-state index >= 15 is 0 Å². The molecular formula is C12H15N3O2S2. The lowest BCUT2D eigenvalue weighted by molar-refractivity contribution is 0.583. The molecule has 2 N–H and O–H groups in total. The molecular weight excluding hydrogens is 282 g/mol. The van der Waals surface area contributed by atoms with Crippen LogP contribution in [0.2, 0.25) is 0 Å². The lowest BCUT2D eigenvalue weighted by atomic mass is 10.4. The minimum Gasteiger partial charge on any atom is -0.281 e. The second-order valence-corrected chi connectivity index (χ2v) is 6.82. The first-order valence-corrected chi connectivity index (χ1v) is 8.24. The van der Waals surface area contributed by atoms with Crippen LogP contribution in [-0.2, 0) is 10.0 Å². The van der Waals surface area contributed by atoms with Crippen molar-refractivity contribution in [1.82, 2.24) is 14.9 Å². The van der Waals surface area contributed by atoms with Crippen LogP contribution in [0, 0.1) is 6.92 Å². The molecule has 1 heterocycles. The Balaban J connectivity index is 1.85. The van der Waals surface area contributed by atoms with E-state index in [0.29, 0.717) is 18.0 Å². The van der Waals surface area contributed by atoms with Crippen LogP contribution in [0.5, 0.6) is 0 Å². The van der Waals surface area contributed by atoms with E-state index < -0.39 is 10.0 Å². The number of nitrogens with zero attached hydrogens (tertiary/aromatic N) is 1. The van der Waals surface area contributed by atoms with Crippen molar-refractivity contribution in [3.8, 4) is 0 Å². The van der Waals surface area contributed by atoms with Crippen molar-refractivity contribution in [2.45, 2.75) is 16.7 Å². The first kappa shape index (κ1) is 14.1. The molecule has 1 aromatic carbocycles. The summed E-state index contributed by atoms with van der Waals surface area (Å²) in [6.45, 7) is 2.06. The second-order valence-electron chi connectivity index (χ2n) is 3.92. The highest BCUT2D eigenvalue weighted by atomic mass is 32.2. The molecule has 1 aromatic heterocycles. The number of aromatic nitrogens is 2. The Bertz CT molecular complexity index is 623. The van der Waals surface area contributed by atoms with Crippen LogP contribution in [0.1, 0.15) is 5.69 Å². The maximum Gasteiger partial charge on any atom is 0.243 e. The quantitative estimate of drug-likeness (QED) is 0.629. The number of nitrogens with one attached hydrogen (secondary N) is 2. The number of hydrogen-bond donors (Lipinski definition) is 2. The number of thioether (sulfide) groups is 1. The minimum atomic E-state index is -3.46. The van der Waals surface area contributed by atoms with E-state index in [9.17, 15) is 8.42 Å². The molecule has 19 heavy (non-hydrogen) atoms. The Morgan fingerprint density at radius 2 is 2.05 bits per heavy atom. The molecule has 0 saturated heterocycles. The summed E-state index contributed by atoms with van der Waals surface area (Å²) in [4.78, 5) is 1.33. The van der Waals surface area contributed by atoms with Crippen molar-refractivity contribution in [2.24, 2.45) is 0 Å². The third kappa shape index (κ3) is 3.82. The number of aryl methyl sites for hydroxylation is 1. The summed E-state index contributed by atoms with van der Waals surface area (Å²) in [7, 11) is -3.46. The number of rotatable bonds is 6. The lowest BCUT2D eigenvalue weighted by Gasteiger charge is -2.05. The van der Waals surface area contributed by atoms with E-state index in [2.05, 4.69) is 14.9 Å². The average Bonchev–Trinajstić information content (AvgIpc) is 2.83. The Morgan fingerprint density at radius 3 is 2.68 bits per heavy atom. The van der Waals surface area contributed by atoms with Crippen LogP contribution in [0.4, 0.5) is 0 Å². The van der Waals surface area contributed by atoms with Crippen LogP contribution in [0.3, 0.4) is 0 Å². The molecule has 0 atom stereocenters. The monoisotopic (exact) mass is 297 g/mol. The summed E-state index contributed by atoms with van der Waals surface area (Å²) in [6, 6.07) is 9.87. The normalized spacial score (nSPS) is 11.6. The second kappa shape index (κ2) is 6.23. The van der Waals surface area contributed by atoms with Gasteiger partial charge < -0.3 is 0 Å². The van der Waals surface area contributed by atoms with Crippen molar-refractivity contribution in [3.63, 3.8) is 0 Å². The van der Waals surface area contributed by atoms with Gasteiger partial charge in [-0.25, -0.2) is 13.1 Å². The molecule has 7 heteroatoms. The predicted molar refractivity (Wildman–Crippen MR) is 75.7 cm³/mol. The number of benzene rings is 1. The van der Waals surface area contributed by atoms with Crippen LogP contribution in [0.25, 0.3) is 0 Å². The van der Waals surface area contributed by atoms with Crippen LogP contribution in [0.15, 0.2) is 46.3 Å². The molecule has 0 fully saturated rings. The number of aromatic amines is 1.